The molecular weight excluding hydrogens is 91.1 g/mol. The maximum atomic E-state index is 11.9. The van der Waals surface area contributed by atoms with Gasteiger partial charge in [-0.05, 0) is 18.2 Å². The SMILES string of the molecule is Fc1c[c]ccc1. The van der Waals surface area contributed by atoms with E-state index in [0.29, 0.717) is 0 Å². The van der Waals surface area contributed by atoms with E-state index in [0.717, 1.165) is 0 Å². The van der Waals surface area contributed by atoms with Crippen molar-refractivity contribution in [1.29, 1.82) is 0 Å². The van der Waals surface area contributed by atoms with Crippen LogP contribution in [0.3, 0.4) is 0 Å². The normalized spacial score (nSPS) is 8.71. The topological polar surface area (TPSA) is 0 Å². The first kappa shape index (κ1) is 4.31. The van der Waals surface area contributed by atoms with Crippen LogP contribution < -0.4 is 0 Å². The van der Waals surface area contributed by atoms with Crippen LogP contribution in [0.2, 0.25) is 0 Å². The fraction of sp³-hybridized carbons (Fsp3) is 0. The Balaban J connectivity index is 3.02. The van der Waals surface area contributed by atoms with Crippen molar-refractivity contribution in [3.8, 4) is 0 Å². The summed E-state index contributed by atoms with van der Waals surface area (Å²) in [4.78, 5) is 0. The summed E-state index contributed by atoms with van der Waals surface area (Å²) in [6.45, 7) is 0. The van der Waals surface area contributed by atoms with Crippen LogP contribution >= 0.6 is 0 Å². The highest BCUT2D eigenvalue weighted by Crippen LogP contribution is 1.91. The van der Waals surface area contributed by atoms with E-state index in [1.165, 1.54) is 12.1 Å². The Kier molecular flexibility index (Phi) is 1.07. The van der Waals surface area contributed by atoms with Gasteiger partial charge in [0.2, 0.25) is 0 Å². The third-order valence-electron chi connectivity index (χ3n) is 0.669. The van der Waals surface area contributed by atoms with Crippen LogP contribution in [0.4, 0.5) is 4.39 Å². The molecule has 0 atom stereocenters. The molecule has 1 aromatic rings. The first-order chi connectivity index (χ1) is 3.39. The van der Waals surface area contributed by atoms with E-state index >= 15 is 0 Å². The zero-order chi connectivity index (χ0) is 5.11. The summed E-state index contributed by atoms with van der Waals surface area (Å²) in [7, 11) is 0. The van der Waals surface area contributed by atoms with Crippen molar-refractivity contribution in [3.63, 3.8) is 0 Å². The smallest absolute Gasteiger partial charge is 0.123 e. The maximum Gasteiger partial charge on any atom is 0.123 e. The van der Waals surface area contributed by atoms with Crippen molar-refractivity contribution in [2.45, 2.75) is 0 Å². The van der Waals surface area contributed by atoms with E-state index < -0.39 is 0 Å². The Hall–Kier alpha value is -0.850. The predicted molar refractivity (Wildman–Crippen MR) is 25.2 cm³/mol. The lowest BCUT2D eigenvalue weighted by Gasteiger charge is -1.77. The van der Waals surface area contributed by atoms with E-state index in [2.05, 4.69) is 6.07 Å². The van der Waals surface area contributed by atoms with Gasteiger partial charge in [0, 0.05) is 0 Å². The van der Waals surface area contributed by atoms with Crippen molar-refractivity contribution in [1.82, 2.24) is 0 Å². The molecule has 0 fully saturated rings. The van der Waals surface area contributed by atoms with Crippen LogP contribution in [-0.4, -0.2) is 0 Å². The zero-order valence-corrected chi connectivity index (χ0v) is 3.69. The molecule has 1 rings (SSSR count). The fourth-order valence-electron chi connectivity index (χ4n) is 0.371. The first-order valence-corrected chi connectivity index (χ1v) is 2.01. The second-order valence-electron chi connectivity index (χ2n) is 1.22. The maximum absolute atomic E-state index is 11.9. The molecule has 7 heavy (non-hydrogen) atoms. The van der Waals surface area contributed by atoms with Gasteiger partial charge in [0.25, 0.3) is 0 Å². The Morgan fingerprint density at radius 3 is 2.71 bits per heavy atom. The van der Waals surface area contributed by atoms with Crippen molar-refractivity contribution < 1.29 is 4.39 Å². The molecular formula is C6H4F. The molecule has 0 amide bonds. The summed E-state index contributed by atoms with van der Waals surface area (Å²) in [6, 6.07) is 8.53. The summed E-state index contributed by atoms with van der Waals surface area (Å²) < 4.78 is 11.9. The Morgan fingerprint density at radius 2 is 2.43 bits per heavy atom. The van der Waals surface area contributed by atoms with E-state index in [9.17, 15) is 4.39 Å². The lowest BCUT2D eigenvalue weighted by atomic mass is 10.4. The molecule has 0 N–H and O–H groups in total. The van der Waals surface area contributed by atoms with Crippen molar-refractivity contribution in [2.75, 3.05) is 0 Å². The van der Waals surface area contributed by atoms with Gasteiger partial charge in [-0.2, -0.15) is 0 Å². The number of hydrogen-bond acceptors (Lipinski definition) is 0. The lowest BCUT2D eigenvalue weighted by Crippen LogP contribution is -1.64. The largest absolute Gasteiger partial charge is 0.207 e. The average molecular weight is 95.1 g/mol. The monoisotopic (exact) mass is 95.0 g/mol. The standard InChI is InChI=1S/C6H4F/c7-6-4-2-1-3-5-6/h1-2,4-5H. The van der Waals surface area contributed by atoms with Gasteiger partial charge < -0.3 is 0 Å². The summed E-state index contributed by atoms with van der Waals surface area (Å²) in [5.41, 5.74) is 0. The van der Waals surface area contributed by atoms with Gasteiger partial charge in [0.1, 0.15) is 5.82 Å². The highest BCUT2D eigenvalue weighted by molar-refractivity contribution is 5.00. The highest BCUT2D eigenvalue weighted by atomic mass is 19.1. The molecule has 0 aliphatic rings. The molecule has 1 radical (unpaired) electrons. The van der Waals surface area contributed by atoms with E-state index in [4.69, 9.17) is 0 Å². The molecule has 0 aliphatic carbocycles. The quantitative estimate of drug-likeness (QED) is 0.459. The second kappa shape index (κ2) is 1.73. The van der Waals surface area contributed by atoms with Gasteiger partial charge in [-0.1, -0.05) is 12.1 Å². The molecule has 0 saturated carbocycles. The molecule has 0 aliphatic heterocycles. The Labute approximate surface area is 41.6 Å². The van der Waals surface area contributed by atoms with Gasteiger partial charge in [-0.15, -0.1) is 0 Å². The van der Waals surface area contributed by atoms with Crippen LogP contribution in [-0.2, 0) is 0 Å². The minimum atomic E-state index is -0.234. The fourth-order valence-corrected chi connectivity index (χ4v) is 0.371. The molecule has 0 nitrogen and oxygen atoms in total. The third kappa shape index (κ3) is 1.000. The molecule has 0 saturated heterocycles. The Bertz CT molecular complexity index is 134. The van der Waals surface area contributed by atoms with Gasteiger partial charge in [0.15, 0.2) is 0 Å². The van der Waals surface area contributed by atoms with Gasteiger partial charge in [-0.3, -0.25) is 0 Å². The third-order valence-corrected chi connectivity index (χ3v) is 0.669. The summed E-state index contributed by atoms with van der Waals surface area (Å²) in [5, 5.41) is 0. The van der Waals surface area contributed by atoms with Gasteiger partial charge in [-0.25, -0.2) is 4.39 Å². The Morgan fingerprint density at radius 1 is 1.57 bits per heavy atom. The van der Waals surface area contributed by atoms with Gasteiger partial charge >= 0.3 is 0 Å². The average Bonchev–Trinajstić information content (AvgIpc) is 1.69. The molecule has 0 spiro atoms. The molecule has 0 bridgehead atoms. The van der Waals surface area contributed by atoms with Gasteiger partial charge in [0.05, 0.1) is 0 Å². The van der Waals surface area contributed by atoms with Crippen molar-refractivity contribution in [3.05, 3.63) is 36.1 Å². The summed E-state index contributed by atoms with van der Waals surface area (Å²) in [5.74, 6) is -0.234. The minimum Gasteiger partial charge on any atom is -0.207 e. The van der Waals surface area contributed by atoms with Crippen molar-refractivity contribution >= 4 is 0 Å². The highest BCUT2D eigenvalue weighted by Gasteiger charge is 1.77. The van der Waals surface area contributed by atoms with E-state index in [1.54, 1.807) is 12.1 Å². The molecule has 1 heteroatoms. The number of benzene rings is 1. The lowest BCUT2D eigenvalue weighted by molar-refractivity contribution is 0.627. The van der Waals surface area contributed by atoms with Crippen molar-refractivity contribution in [2.24, 2.45) is 0 Å². The minimum absolute atomic E-state index is 0.234. The van der Waals surface area contributed by atoms with Crippen LogP contribution in [0.15, 0.2) is 24.3 Å². The van der Waals surface area contributed by atoms with E-state index in [-0.39, 0.29) is 5.82 Å². The zero-order valence-electron chi connectivity index (χ0n) is 3.69. The van der Waals surface area contributed by atoms with Crippen LogP contribution in [0.25, 0.3) is 0 Å². The summed E-state index contributed by atoms with van der Waals surface area (Å²) in [6.07, 6.45) is 0. The molecule has 1 aromatic carbocycles. The molecule has 0 unspecified atom stereocenters. The molecule has 0 heterocycles. The van der Waals surface area contributed by atoms with E-state index in [1.807, 2.05) is 0 Å². The van der Waals surface area contributed by atoms with Crippen LogP contribution in [0.1, 0.15) is 0 Å². The van der Waals surface area contributed by atoms with Crippen LogP contribution in [0, 0.1) is 11.9 Å². The second-order valence-corrected chi connectivity index (χ2v) is 1.22. The molecule has 0 aromatic heterocycles. The first-order valence-electron chi connectivity index (χ1n) is 2.01. The predicted octanol–water partition coefficient (Wildman–Crippen LogP) is 1.63. The number of hydrogen-bond donors (Lipinski definition) is 0. The summed E-state index contributed by atoms with van der Waals surface area (Å²) >= 11 is 0. The molecule has 35 valence electrons. The number of halogens is 1. The number of rotatable bonds is 0. The van der Waals surface area contributed by atoms with Crippen LogP contribution in [0.5, 0.6) is 0 Å².